The molecule has 1 rings (SSSR count). The molecule has 0 bridgehead atoms. The number of amides is 3. The van der Waals surface area contributed by atoms with Crippen LogP contribution >= 0.6 is 0 Å². The molecule has 3 atom stereocenters. The van der Waals surface area contributed by atoms with Crippen molar-refractivity contribution in [2.45, 2.75) is 72.0 Å². The highest BCUT2D eigenvalue weighted by atomic mass is 16.4. The Balaban J connectivity index is 2.94. The van der Waals surface area contributed by atoms with E-state index in [0.29, 0.717) is 12.8 Å². The minimum Gasteiger partial charge on any atom is -0.480 e. The summed E-state index contributed by atoms with van der Waals surface area (Å²) in [6, 6.07) is 6.22. The maximum atomic E-state index is 12.9. The van der Waals surface area contributed by atoms with Crippen LogP contribution in [0, 0.1) is 11.8 Å². The minimum absolute atomic E-state index is 0.0813. The monoisotopic (exact) mass is 433 g/mol. The Bertz CT molecular complexity index is 749. The van der Waals surface area contributed by atoms with Gasteiger partial charge in [0.15, 0.2) is 0 Å². The summed E-state index contributed by atoms with van der Waals surface area (Å²) in [5.41, 5.74) is 0.780. The lowest BCUT2D eigenvalue weighted by atomic mass is 9.99. The van der Waals surface area contributed by atoms with Gasteiger partial charge in [-0.05, 0) is 30.2 Å². The third-order valence-corrected chi connectivity index (χ3v) is 4.64. The summed E-state index contributed by atoms with van der Waals surface area (Å²) in [6.45, 7) is 9.01. The Kier molecular flexibility index (Phi) is 10.7. The van der Waals surface area contributed by atoms with E-state index in [1.54, 1.807) is 24.3 Å². The number of carbonyl (C=O) groups excluding carboxylic acids is 3. The predicted molar refractivity (Wildman–Crippen MR) is 118 cm³/mol. The molecule has 4 N–H and O–H groups in total. The smallest absolute Gasteiger partial charge is 0.326 e. The molecule has 0 aromatic heterocycles. The van der Waals surface area contributed by atoms with Crippen LogP contribution in [0.5, 0.6) is 0 Å². The average Bonchev–Trinajstić information content (AvgIpc) is 2.65. The molecule has 0 aliphatic carbocycles. The third-order valence-electron chi connectivity index (χ3n) is 4.64. The second-order valence-corrected chi connectivity index (χ2v) is 8.66. The van der Waals surface area contributed by atoms with Gasteiger partial charge in [0.05, 0.1) is 0 Å². The maximum absolute atomic E-state index is 12.9. The summed E-state index contributed by atoms with van der Waals surface area (Å²) in [7, 11) is 0. The molecule has 1 aromatic carbocycles. The van der Waals surface area contributed by atoms with E-state index in [1.165, 1.54) is 6.92 Å². The summed E-state index contributed by atoms with van der Waals surface area (Å²) in [5.74, 6) is -2.27. The second-order valence-electron chi connectivity index (χ2n) is 8.66. The van der Waals surface area contributed by atoms with Gasteiger partial charge in [-0.15, -0.1) is 0 Å². The second kappa shape index (κ2) is 12.7. The summed E-state index contributed by atoms with van der Waals surface area (Å²) in [6.07, 6.45) is 0.892. The summed E-state index contributed by atoms with van der Waals surface area (Å²) >= 11 is 0. The van der Waals surface area contributed by atoms with Crippen molar-refractivity contribution in [2.75, 3.05) is 0 Å². The van der Waals surface area contributed by atoms with Gasteiger partial charge in [-0.3, -0.25) is 14.4 Å². The van der Waals surface area contributed by atoms with Crippen molar-refractivity contribution in [3.63, 3.8) is 0 Å². The highest BCUT2D eigenvalue weighted by molar-refractivity contribution is 5.93. The molecule has 3 amide bonds. The fourth-order valence-corrected chi connectivity index (χ4v) is 3.25. The number of hydrogen-bond donors (Lipinski definition) is 4. The molecular weight excluding hydrogens is 398 g/mol. The average molecular weight is 434 g/mol. The Labute approximate surface area is 184 Å². The molecule has 172 valence electrons. The first-order valence-electron chi connectivity index (χ1n) is 10.6. The van der Waals surface area contributed by atoms with Crippen molar-refractivity contribution in [2.24, 2.45) is 11.8 Å². The van der Waals surface area contributed by atoms with Crippen LogP contribution in [0.15, 0.2) is 30.3 Å². The quantitative estimate of drug-likeness (QED) is 0.401. The predicted octanol–water partition coefficient (Wildman–Crippen LogP) is 1.88. The number of carbonyl (C=O) groups is 4. The zero-order valence-electron chi connectivity index (χ0n) is 19.0. The molecule has 0 aliphatic rings. The molecule has 31 heavy (non-hydrogen) atoms. The molecule has 0 saturated carbocycles. The fraction of sp³-hybridized carbons (Fsp3) is 0.565. The van der Waals surface area contributed by atoms with E-state index < -0.39 is 35.9 Å². The van der Waals surface area contributed by atoms with E-state index in [1.807, 2.05) is 33.8 Å². The lowest BCUT2D eigenvalue weighted by Crippen LogP contribution is -2.56. The topological polar surface area (TPSA) is 125 Å². The number of nitrogens with one attached hydrogen (secondary N) is 3. The zero-order chi connectivity index (χ0) is 23.6. The van der Waals surface area contributed by atoms with E-state index in [0.717, 1.165) is 5.56 Å². The van der Waals surface area contributed by atoms with Gasteiger partial charge < -0.3 is 21.1 Å². The third kappa shape index (κ3) is 10.1. The number of aliphatic carboxylic acids is 1. The van der Waals surface area contributed by atoms with Crippen molar-refractivity contribution >= 4 is 23.7 Å². The van der Waals surface area contributed by atoms with Crippen LogP contribution in [0.2, 0.25) is 0 Å². The van der Waals surface area contributed by atoms with Crippen molar-refractivity contribution in [3.05, 3.63) is 35.9 Å². The molecule has 1 aromatic rings. The standard InChI is InChI=1S/C23H35N3O5/c1-14(2)11-18(24-16(5)27)21(28)25-19(12-15(3)4)22(29)26-20(23(30)31)13-17-9-7-6-8-10-17/h6-10,14-15,18-20H,11-13H2,1-5H3,(H,24,27)(H,25,28)(H,26,29)(H,30,31)/t18-,19-,20-/m0/s1. The van der Waals surface area contributed by atoms with E-state index in [9.17, 15) is 24.3 Å². The van der Waals surface area contributed by atoms with Gasteiger partial charge in [0, 0.05) is 13.3 Å². The van der Waals surface area contributed by atoms with Crippen LogP contribution in [0.3, 0.4) is 0 Å². The number of carboxylic acids is 1. The van der Waals surface area contributed by atoms with Gasteiger partial charge in [0.25, 0.3) is 0 Å². The zero-order valence-corrected chi connectivity index (χ0v) is 19.0. The van der Waals surface area contributed by atoms with Gasteiger partial charge in [0.2, 0.25) is 17.7 Å². The molecule has 0 spiro atoms. The fourth-order valence-electron chi connectivity index (χ4n) is 3.25. The molecular formula is C23H35N3O5. The van der Waals surface area contributed by atoms with Crippen LogP contribution in [0.25, 0.3) is 0 Å². The van der Waals surface area contributed by atoms with Gasteiger partial charge in [-0.2, -0.15) is 0 Å². The van der Waals surface area contributed by atoms with E-state index in [4.69, 9.17) is 0 Å². The van der Waals surface area contributed by atoms with E-state index >= 15 is 0 Å². The van der Waals surface area contributed by atoms with Crippen LogP contribution in [0.1, 0.15) is 53.0 Å². The Hall–Kier alpha value is -2.90. The lowest BCUT2D eigenvalue weighted by molar-refractivity contribution is -0.142. The van der Waals surface area contributed by atoms with Crippen LogP contribution in [-0.4, -0.2) is 46.9 Å². The normalized spacial score (nSPS) is 13.9. The van der Waals surface area contributed by atoms with E-state index in [-0.39, 0.29) is 24.2 Å². The highest BCUT2D eigenvalue weighted by Gasteiger charge is 2.30. The van der Waals surface area contributed by atoms with Crippen LogP contribution in [0.4, 0.5) is 0 Å². The molecule has 0 radical (unpaired) electrons. The molecule has 0 aliphatic heterocycles. The van der Waals surface area contributed by atoms with Gasteiger partial charge >= 0.3 is 5.97 Å². The first kappa shape index (κ1) is 26.1. The number of hydrogen-bond acceptors (Lipinski definition) is 4. The van der Waals surface area contributed by atoms with E-state index in [2.05, 4.69) is 16.0 Å². The highest BCUT2D eigenvalue weighted by Crippen LogP contribution is 2.10. The summed E-state index contributed by atoms with van der Waals surface area (Å²) in [5, 5.41) is 17.5. The van der Waals surface area contributed by atoms with Crippen LogP contribution < -0.4 is 16.0 Å². The maximum Gasteiger partial charge on any atom is 0.326 e. The number of rotatable bonds is 12. The molecule has 0 heterocycles. The van der Waals surface area contributed by atoms with Crippen molar-refractivity contribution in [1.82, 2.24) is 16.0 Å². The Morgan fingerprint density at radius 2 is 1.23 bits per heavy atom. The van der Waals surface area contributed by atoms with Crippen molar-refractivity contribution in [1.29, 1.82) is 0 Å². The molecule has 0 fully saturated rings. The summed E-state index contributed by atoms with van der Waals surface area (Å²) in [4.78, 5) is 48.9. The first-order chi connectivity index (χ1) is 14.5. The van der Waals surface area contributed by atoms with Crippen LogP contribution in [-0.2, 0) is 25.6 Å². The molecule has 8 heteroatoms. The van der Waals surface area contributed by atoms with Gasteiger partial charge in [0.1, 0.15) is 18.1 Å². The lowest BCUT2D eigenvalue weighted by Gasteiger charge is -2.26. The Morgan fingerprint density at radius 1 is 0.774 bits per heavy atom. The Morgan fingerprint density at radius 3 is 1.65 bits per heavy atom. The summed E-state index contributed by atoms with van der Waals surface area (Å²) < 4.78 is 0. The molecule has 0 saturated heterocycles. The molecule has 8 nitrogen and oxygen atoms in total. The number of carboxylic acid groups (broad SMARTS) is 1. The van der Waals surface area contributed by atoms with Crippen molar-refractivity contribution < 1.29 is 24.3 Å². The van der Waals surface area contributed by atoms with Gasteiger partial charge in [-0.1, -0.05) is 58.0 Å². The number of benzene rings is 1. The minimum atomic E-state index is -1.15. The first-order valence-corrected chi connectivity index (χ1v) is 10.6. The van der Waals surface area contributed by atoms with Gasteiger partial charge in [-0.25, -0.2) is 4.79 Å². The van der Waals surface area contributed by atoms with Crippen molar-refractivity contribution in [3.8, 4) is 0 Å². The SMILES string of the molecule is CC(=O)N[C@@H](CC(C)C)C(=O)N[C@@H](CC(C)C)C(=O)N[C@@H](Cc1ccccc1)C(=O)O. The largest absolute Gasteiger partial charge is 0.480 e. The molecule has 0 unspecified atom stereocenters.